The number of sulfonamides is 1. The van der Waals surface area contributed by atoms with Gasteiger partial charge in [0.25, 0.3) is 5.56 Å². The van der Waals surface area contributed by atoms with Gasteiger partial charge in [-0.15, -0.1) is 6.42 Å². The Hall–Kier alpha value is -2.94. The maximum atomic E-state index is 13.2. The lowest BCUT2D eigenvalue weighted by atomic mass is 10.1. The molecule has 0 aliphatic rings. The SMILES string of the molecule is C#C[C@@H](C)Oc1cccc([C@@H](C)NS(=O)(=O)CCCOCn2cc(F)c(=O)[nH]c2=O)c1. The first-order valence-electron chi connectivity index (χ1n) is 9.41. The van der Waals surface area contributed by atoms with Crippen LogP contribution in [0.3, 0.4) is 0 Å². The van der Waals surface area contributed by atoms with Gasteiger partial charge in [-0.2, -0.15) is 4.39 Å². The minimum atomic E-state index is -3.61. The number of nitrogens with one attached hydrogen (secondary N) is 2. The van der Waals surface area contributed by atoms with E-state index in [2.05, 4.69) is 10.6 Å². The first kappa shape index (κ1) is 24.3. The number of ether oxygens (including phenoxy) is 2. The molecule has 0 spiro atoms. The average Bonchev–Trinajstić information content (AvgIpc) is 2.71. The predicted molar refractivity (Wildman–Crippen MR) is 113 cm³/mol. The lowest BCUT2D eigenvalue weighted by molar-refractivity contribution is 0.0736. The minimum Gasteiger partial charge on any atom is -0.478 e. The van der Waals surface area contributed by atoms with E-state index in [9.17, 15) is 22.4 Å². The van der Waals surface area contributed by atoms with E-state index in [0.29, 0.717) is 11.3 Å². The summed E-state index contributed by atoms with van der Waals surface area (Å²) in [5.41, 5.74) is -1.23. The Kier molecular flexibility index (Phi) is 8.56. The van der Waals surface area contributed by atoms with Gasteiger partial charge in [0.15, 0.2) is 6.10 Å². The molecule has 0 saturated carbocycles. The fourth-order valence-corrected chi connectivity index (χ4v) is 3.87. The molecule has 0 unspecified atom stereocenters. The van der Waals surface area contributed by atoms with Crippen molar-refractivity contribution in [3.8, 4) is 18.1 Å². The second kappa shape index (κ2) is 10.9. The molecule has 0 aliphatic carbocycles. The number of aromatic nitrogens is 2. The van der Waals surface area contributed by atoms with Crippen LogP contribution in [0.5, 0.6) is 5.75 Å². The molecule has 0 bridgehead atoms. The third kappa shape index (κ3) is 7.67. The molecule has 0 fully saturated rings. The first-order valence-corrected chi connectivity index (χ1v) is 11.1. The van der Waals surface area contributed by atoms with Gasteiger partial charge in [-0.3, -0.25) is 14.3 Å². The third-order valence-electron chi connectivity index (χ3n) is 4.16. The number of halogens is 1. The number of H-pyrrole nitrogens is 1. The molecular weight excluding hydrogens is 429 g/mol. The van der Waals surface area contributed by atoms with Crippen LogP contribution in [0.2, 0.25) is 0 Å². The summed E-state index contributed by atoms with van der Waals surface area (Å²) in [6.07, 6.45) is 5.76. The van der Waals surface area contributed by atoms with Crippen molar-refractivity contribution in [1.82, 2.24) is 14.3 Å². The second-order valence-corrected chi connectivity index (χ2v) is 8.63. The zero-order chi connectivity index (χ0) is 23.0. The molecule has 168 valence electrons. The Morgan fingerprint density at radius 2 is 2.06 bits per heavy atom. The Morgan fingerprint density at radius 3 is 2.77 bits per heavy atom. The van der Waals surface area contributed by atoms with E-state index in [1.54, 1.807) is 43.1 Å². The van der Waals surface area contributed by atoms with Gasteiger partial charge in [0.2, 0.25) is 15.8 Å². The maximum absolute atomic E-state index is 13.2. The van der Waals surface area contributed by atoms with Gasteiger partial charge < -0.3 is 9.47 Å². The minimum absolute atomic E-state index is 0.00970. The van der Waals surface area contributed by atoms with Crippen LogP contribution in [0.1, 0.15) is 31.9 Å². The van der Waals surface area contributed by atoms with E-state index < -0.39 is 39.2 Å². The molecule has 31 heavy (non-hydrogen) atoms. The van der Waals surface area contributed by atoms with Crippen LogP contribution in [0, 0.1) is 18.2 Å². The topological polar surface area (TPSA) is 119 Å². The molecule has 2 aromatic rings. The molecule has 0 aliphatic heterocycles. The number of rotatable bonds is 11. The van der Waals surface area contributed by atoms with Crippen LogP contribution in [0.4, 0.5) is 4.39 Å². The summed E-state index contributed by atoms with van der Waals surface area (Å²) < 4.78 is 52.0. The van der Waals surface area contributed by atoms with E-state index in [0.717, 1.165) is 10.8 Å². The summed E-state index contributed by atoms with van der Waals surface area (Å²) in [6.45, 7) is 3.12. The summed E-state index contributed by atoms with van der Waals surface area (Å²) >= 11 is 0. The zero-order valence-corrected chi connectivity index (χ0v) is 17.9. The van der Waals surface area contributed by atoms with Gasteiger partial charge in [-0.05, 0) is 38.0 Å². The maximum Gasteiger partial charge on any atom is 0.330 e. The predicted octanol–water partition coefficient (Wildman–Crippen LogP) is 1.12. The quantitative estimate of drug-likeness (QED) is 0.389. The van der Waals surface area contributed by atoms with Gasteiger partial charge in [-0.1, -0.05) is 18.1 Å². The van der Waals surface area contributed by atoms with Crippen LogP contribution in [0.15, 0.2) is 40.1 Å². The summed E-state index contributed by atoms with van der Waals surface area (Å²) in [4.78, 5) is 24.3. The van der Waals surface area contributed by atoms with Gasteiger partial charge >= 0.3 is 5.69 Å². The highest BCUT2D eigenvalue weighted by molar-refractivity contribution is 7.89. The highest BCUT2D eigenvalue weighted by Gasteiger charge is 2.16. The fourth-order valence-electron chi connectivity index (χ4n) is 2.58. The molecule has 1 aromatic carbocycles. The molecule has 0 radical (unpaired) electrons. The summed E-state index contributed by atoms with van der Waals surface area (Å²) in [6, 6.07) is 6.46. The van der Waals surface area contributed by atoms with E-state index in [-0.39, 0.29) is 25.5 Å². The largest absolute Gasteiger partial charge is 0.478 e. The van der Waals surface area contributed by atoms with Crippen molar-refractivity contribution in [3.63, 3.8) is 0 Å². The molecule has 1 aromatic heterocycles. The smallest absolute Gasteiger partial charge is 0.330 e. The van der Waals surface area contributed by atoms with Crippen molar-refractivity contribution in [1.29, 1.82) is 0 Å². The molecule has 2 atom stereocenters. The van der Waals surface area contributed by atoms with Crippen molar-refractivity contribution in [3.05, 3.63) is 62.7 Å². The van der Waals surface area contributed by atoms with E-state index in [4.69, 9.17) is 15.9 Å². The average molecular weight is 453 g/mol. The number of terminal acetylenes is 1. The number of benzene rings is 1. The summed E-state index contributed by atoms with van der Waals surface area (Å²) in [7, 11) is -3.61. The van der Waals surface area contributed by atoms with Crippen LogP contribution < -0.4 is 20.7 Å². The molecular formula is C20H24FN3O6S. The van der Waals surface area contributed by atoms with Crippen molar-refractivity contribution < 1.29 is 22.3 Å². The highest BCUT2D eigenvalue weighted by atomic mass is 32.2. The van der Waals surface area contributed by atoms with Gasteiger partial charge in [0.05, 0.1) is 11.9 Å². The molecule has 2 N–H and O–H groups in total. The van der Waals surface area contributed by atoms with Gasteiger partial charge in [0.1, 0.15) is 12.5 Å². The van der Waals surface area contributed by atoms with Crippen LogP contribution >= 0.6 is 0 Å². The van der Waals surface area contributed by atoms with Crippen LogP contribution in [0.25, 0.3) is 0 Å². The molecule has 9 nitrogen and oxygen atoms in total. The zero-order valence-electron chi connectivity index (χ0n) is 17.1. The van der Waals surface area contributed by atoms with Crippen LogP contribution in [-0.2, 0) is 21.5 Å². The molecule has 0 saturated heterocycles. The Labute approximate surface area is 179 Å². The highest BCUT2D eigenvalue weighted by Crippen LogP contribution is 2.20. The number of hydrogen-bond acceptors (Lipinski definition) is 6. The molecule has 11 heteroatoms. The lowest BCUT2D eigenvalue weighted by Gasteiger charge is -2.16. The van der Waals surface area contributed by atoms with Gasteiger partial charge in [0, 0.05) is 12.6 Å². The standard InChI is InChI=1S/C20H24FN3O6S/c1-4-14(2)30-17-8-5-7-16(11-17)15(3)23-31(27,28)10-6-9-29-13-24-12-18(21)19(25)22-20(24)26/h1,5,7-8,11-12,14-15,23H,6,9-10,13H2,2-3H3,(H,22,25,26)/t14-,15-/m1/s1. The van der Waals surface area contributed by atoms with Crippen molar-refractivity contribution in [2.24, 2.45) is 0 Å². The molecule has 1 heterocycles. The van der Waals surface area contributed by atoms with Crippen molar-refractivity contribution in [2.45, 2.75) is 39.1 Å². The molecule has 0 amide bonds. The van der Waals surface area contributed by atoms with Gasteiger partial charge in [-0.25, -0.2) is 17.9 Å². The first-order chi connectivity index (χ1) is 14.6. The van der Waals surface area contributed by atoms with Crippen molar-refractivity contribution >= 4 is 10.0 Å². The lowest BCUT2D eigenvalue weighted by Crippen LogP contribution is -2.32. The monoisotopic (exact) mass is 453 g/mol. The molecule has 2 rings (SSSR count). The summed E-state index contributed by atoms with van der Waals surface area (Å²) in [5, 5.41) is 0. The second-order valence-electron chi connectivity index (χ2n) is 6.75. The number of nitrogens with zero attached hydrogens (tertiary/aromatic N) is 1. The number of aromatic amines is 1. The third-order valence-corrected chi connectivity index (χ3v) is 5.70. The van der Waals surface area contributed by atoms with Crippen molar-refractivity contribution in [2.75, 3.05) is 12.4 Å². The Bertz CT molecular complexity index is 1150. The van der Waals surface area contributed by atoms with E-state index in [1.807, 2.05) is 0 Å². The van der Waals surface area contributed by atoms with E-state index in [1.165, 1.54) is 0 Å². The Morgan fingerprint density at radius 1 is 1.32 bits per heavy atom. The number of hydrogen-bond donors (Lipinski definition) is 2. The van der Waals surface area contributed by atoms with E-state index >= 15 is 0 Å². The van der Waals surface area contributed by atoms with Crippen LogP contribution in [-0.4, -0.2) is 36.4 Å². The normalized spacial score (nSPS) is 13.4. The fraction of sp³-hybridized carbons (Fsp3) is 0.400. The Balaban J connectivity index is 1.83. The summed E-state index contributed by atoms with van der Waals surface area (Å²) in [5.74, 6) is 1.66.